The molecule has 1 aromatic heterocycles. The van der Waals surface area contributed by atoms with E-state index in [1.165, 1.54) is 12.1 Å². The van der Waals surface area contributed by atoms with Gasteiger partial charge in [0.1, 0.15) is 5.82 Å². The number of halogens is 1. The molecule has 1 N–H and O–H groups in total. The molecule has 0 aliphatic rings. The first-order chi connectivity index (χ1) is 8.35. The quantitative estimate of drug-likeness (QED) is 0.865. The van der Waals surface area contributed by atoms with E-state index in [-0.39, 0.29) is 11.4 Å². The van der Waals surface area contributed by atoms with E-state index < -0.39 is 0 Å². The third-order valence-corrected chi connectivity index (χ3v) is 3.51. The van der Waals surface area contributed by atoms with Crippen LogP contribution in [0.15, 0.2) is 24.3 Å². The summed E-state index contributed by atoms with van der Waals surface area (Å²) in [5.74, 6) is -0.214. The molecule has 4 heteroatoms. The van der Waals surface area contributed by atoms with E-state index in [2.05, 4.69) is 31.1 Å². The monoisotopic (exact) mass is 264 g/mol. The lowest BCUT2D eigenvalue weighted by atomic mass is 10.1. The Morgan fingerprint density at radius 2 is 1.78 bits per heavy atom. The Hall–Kier alpha value is -1.42. The van der Waals surface area contributed by atoms with Crippen molar-refractivity contribution >= 4 is 16.5 Å². The fraction of sp³-hybridized carbons (Fsp3) is 0.357. The molecule has 0 aliphatic carbocycles. The number of benzene rings is 1. The van der Waals surface area contributed by atoms with Crippen molar-refractivity contribution in [3.63, 3.8) is 0 Å². The van der Waals surface area contributed by atoms with E-state index in [0.29, 0.717) is 0 Å². The van der Waals surface area contributed by atoms with E-state index in [0.717, 1.165) is 21.3 Å². The van der Waals surface area contributed by atoms with Gasteiger partial charge in [-0.05, 0) is 45.4 Å². The number of thiazole rings is 1. The summed E-state index contributed by atoms with van der Waals surface area (Å²) in [5, 5.41) is 4.26. The van der Waals surface area contributed by atoms with Crippen molar-refractivity contribution in [3.8, 4) is 10.4 Å². The summed E-state index contributed by atoms with van der Waals surface area (Å²) < 4.78 is 12.9. The topological polar surface area (TPSA) is 24.9 Å². The molecule has 1 aromatic carbocycles. The smallest absolute Gasteiger partial charge is 0.183 e. The van der Waals surface area contributed by atoms with Crippen molar-refractivity contribution in [1.29, 1.82) is 0 Å². The van der Waals surface area contributed by atoms with Crippen LogP contribution in [-0.2, 0) is 0 Å². The molecular weight excluding hydrogens is 247 g/mol. The third-order valence-electron chi connectivity index (χ3n) is 2.38. The zero-order valence-corrected chi connectivity index (χ0v) is 11.9. The van der Waals surface area contributed by atoms with Gasteiger partial charge in [0.25, 0.3) is 0 Å². The highest BCUT2D eigenvalue weighted by Crippen LogP contribution is 2.33. The van der Waals surface area contributed by atoms with Crippen molar-refractivity contribution in [2.75, 3.05) is 5.32 Å². The summed E-state index contributed by atoms with van der Waals surface area (Å²) in [4.78, 5) is 5.59. The van der Waals surface area contributed by atoms with Crippen LogP contribution < -0.4 is 5.32 Å². The normalized spacial score (nSPS) is 11.6. The molecule has 0 unspecified atom stereocenters. The van der Waals surface area contributed by atoms with Gasteiger partial charge >= 0.3 is 0 Å². The summed E-state index contributed by atoms with van der Waals surface area (Å²) >= 11 is 1.60. The summed E-state index contributed by atoms with van der Waals surface area (Å²) in [6.45, 7) is 8.27. The predicted molar refractivity (Wildman–Crippen MR) is 75.6 cm³/mol. The number of anilines is 1. The average Bonchev–Trinajstić information content (AvgIpc) is 2.58. The first-order valence-corrected chi connectivity index (χ1v) is 6.68. The molecule has 18 heavy (non-hydrogen) atoms. The van der Waals surface area contributed by atoms with E-state index in [1.807, 2.05) is 6.92 Å². The van der Waals surface area contributed by atoms with Gasteiger partial charge in [-0.2, -0.15) is 0 Å². The Bertz CT molecular complexity index is 538. The zero-order chi connectivity index (χ0) is 13.3. The lowest BCUT2D eigenvalue weighted by Crippen LogP contribution is -2.25. The Kier molecular flexibility index (Phi) is 3.39. The molecule has 0 atom stereocenters. The number of nitrogens with one attached hydrogen (secondary N) is 1. The summed E-state index contributed by atoms with van der Waals surface area (Å²) in [6, 6.07) is 6.53. The minimum atomic E-state index is -0.214. The van der Waals surface area contributed by atoms with Gasteiger partial charge in [-0.25, -0.2) is 9.37 Å². The maximum Gasteiger partial charge on any atom is 0.183 e. The van der Waals surface area contributed by atoms with Gasteiger partial charge in [-0.1, -0.05) is 23.5 Å². The lowest BCUT2D eigenvalue weighted by Gasteiger charge is -2.19. The summed E-state index contributed by atoms with van der Waals surface area (Å²) in [7, 11) is 0. The second-order valence-electron chi connectivity index (χ2n) is 5.32. The molecule has 0 spiro atoms. The number of hydrogen-bond acceptors (Lipinski definition) is 3. The first kappa shape index (κ1) is 13.0. The van der Waals surface area contributed by atoms with Crippen LogP contribution in [0.3, 0.4) is 0 Å². The number of rotatable bonds is 2. The number of hydrogen-bond donors (Lipinski definition) is 1. The number of aromatic nitrogens is 1. The van der Waals surface area contributed by atoms with E-state index in [9.17, 15) is 4.39 Å². The van der Waals surface area contributed by atoms with Gasteiger partial charge in [0.2, 0.25) is 0 Å². The molecular formula is C14H17FN2S. The van der Waals surface area contributed by atoms with Crippen molar-refractivity contribution < 1.29 is 4.39 Å². The van der Waals surface area contributed by atoms with Crippen LogP contribution in [0.2, 0.25) is 0 Å². The van der Waals surface area contributed by atoms with Crippen LogP contribution in [-0.4, -0.2) is 10.5 Å². The Balaban J connectivity index is 2.32. The fourth-order valence-corrected chi connectivity index (χ4v) is 2.82. The minimum absolute atomic E-state index is 0.00956. The lowest BCUT2D eigenvalue weighted by molar-refractivity contribution is 0.628. The standard InChI is InChI=1S/C14H17FN2S/c1-9-12(10-5-7-11(15)8-6-10)18-13(16-9)17-14(2,3)4/h5-8H,1-4H3,(H,16,17). The van der Waals surface area contributed by atoms with Crippen LogP contribution in [0.4, 0.5) is 9.52 Å². The van der Waals surface area contributed by atoms with Gasteiger partial charge < -0.3 is 5.32 Å². The van der Waals surface area contributed by atoms with Crippen molar-refractivity contribution in [2.45, 2.75) is 33.2 Å². The molecule has 0 amide bonds. The fourth-order valence-electron chi connectivity index (χ4n) is 1.64. The van der Waals surface area contributed by atoms with Gasteiger partial charge in [0, 0.05) is 5.54 Å². The second-order valence-corrected chi connectivity index (χ2v) is 6.31. The molecule has 1 heterocycles. The molecule has 2 aromatic rings. The molecule has 0 saturated carbocycles. The van der Waals surface area contributed by atoms with Gasteiger partial charge in [0.15, 0.2) is 5.13 Å². The molecule has 0 fully saturated rings. The Morgan fingerprint density at radius 3 is 2.33 bits per heavy atom. The highest BCUT2D eigenvalue weighted by atomic mass is 32.1. The van der Waals surface area contributed by atoms with Gasteiger partial charge in [0.05, 0.1) is 10.6 Å². The van der Waals surface area contributed by atoms with E-state index >= 15 is 0 Å². The maximum atomic E-state index is 12.9. The maximum absolute atomic E-state index is 12.9. The SMILES string of the molecule is Cc1nc(NC(C)(C)C)sc1-c1ccc(F)cc1. The molecule has 96 valence electrons. The van der Waals surface area contributed by atoms with Gasteiger partial charge in [-0.15, -0.1) is 0 Å². The van der Waals surface area contributed by atoms with Crippen molar-refractivity contribution in [1.82, 2.24) is 4.98 Å². The molecule has 2 nitrogen and oxygen atoms in total. The van der Waals surface area contributed by atoms with Crippen LogP contribution in [0.1, 0.15) is 26.5 Å². The highest BCUT2D eigenvalue weighted by Gasteiger charge is 2.15. The zero-order valence-electron chi connectivity index (χ0n) is 11.0. The third kappa shape index (κ3) is 3.07. The van der Waals surface area contributed by atoms with E-state index in [1.54, 1.807) is 23.5 Å². The van der Waals surface area contributed by atoms with Crippen molar-refractivity contribution in [2.24, 2.45) is 0 Å². The summed E-state index contributed by atoms with van der Waals surface area (Å²) in [5.41, 5.74) is 1.97. The van der Waals surface area contributed by atoms with E-state index in [4.69, 9.17) is 0 Å². The van der Waals surface area contributed by atoms with Gasteiger partial charge in [-0.3, -0.25) is 0 Å². The Labute approximate surface area is 111 Å². The molecule has 0 bridgehead atoms. The molecule has 2 rings (SSSR count). The van der Waals surface area contributed by atoms with Crippen molar-refractivity contribution in [3.05, 3.63) is 35.8 Å². The van der Waals surface area contributed by atoms with Crippen LogP contribution in [0.5, 0.6) is 0 Å². The van der Waals surface area contributed by atoms with Crippen LogP contribution in [0, 0.1) is 12.7 Å². The number of nitrogens with zero attached hydrogens (tertiary/aromatic N) is 1. The molecule has 0 radical (unpaired) electrons. The summed E-state index contributed by atoms with van der Waals surface area (Å²) in [6.07, 6.45) is 0. The highest BCUT2D eigenvalue weighted by molar-refractivity contribution is 7.19. The molecule has 0 saturated heterocycles. The second kappa shape index (κ2) is 4.69. The first-order valence-electron chi connectivity index (χ1n) is 5.87. The van der Waals surface area contributed by atoms with Crippen LogP contribution >= 0.6 is 11.3 Å². The number of aryl methyl sites for hydroxylation is 1. The minimum Gasteiger partial charge on any atom is -0.357 e. The van der Waals surface area contributed by atoms with Crippen LogP contribution in [0.25, 0.3) is 10.4 Å². The average molecular weight is 264 g/mol. The Morgan fingerprint density at radius 1 is 1.17 bits per heavy atom. The predicted octanol–water partition coefficient (Wildman–Crippen LogP) is 4.47. The largest absolute Gasteiger partial charge is 0.357 e. The molecule has 0 aliphatic heterocycles.